The van der Waals surface area contributed by atoms with Gasteiger partial charge in [0.1, 0.15) is 0 Å². The minimum atomic E-state index is 0.672. The van der Waals surface area contributed by atoms with Crippen LogP contribution < -0.4 is 0 Å². The van der Waals surface area contributed by atoms with Gasteiger partial charge in [0, 0.05) is 0 Å². The first-order valence-electron chi connectivity index (χ1n) is 3.92. The van der Waals surface area contributed by atoms with Gasteiger partial charge in [-0.2, -0.15) is 0 Å². The molecule has 0 aliphatic carbocycles. The highest BCUT2D eigenvalue weighted by atomic mass is 28.2. The minimum absolute atomic E-state index is 0.672. The van der Waals surface area contributed by atoms with Crippen molar-refractivity contribution in [3.63, 3.8) is 0 Å². The van der Waals surface area contributed by atoms with Gasteiger partial charge in [0.15, 0.2) is 0 Å². The van der Waals surface area contributed by atoms with E-state index in [0.29, 0.717) is 9.76 Å². The second-order valence-electron chi connectivity index (χ2n) is 2.07. The lowest BCUT2D eigenvalue weighted by atomic mass is 10.6. The molecule has 0 aromatic carbocycles. The van der Waals surface area contributed by atoms with E-state index in [1.165, 1.54) is 0 Å². The Bertz CT molecular complexity index is 66.6. The molecule has 0 aromatic heterocycles. The van der Waals surface area contributed by atoms with Crippen LogP contribution in [-0.2, 0) is 4.43 Å². The molecule has 0 saturated carbocycles. The third kappa shape index (κ3) is 4.96. The Morgan fingerprint density at radius 1 is 1.20 bits per heavy atom. The van der Waals surface area contributed by atoms with Gasteiger partial charge in [-0.1, -0.05) is 20.8 Å². The summed E-state index contributed by atoms with van der Waals surface area (Å²) in [6, 6.07) is 1.14. The van der Waals surface area contributed by atoms with E-state index < -0.39 is 0 Å². The highest BCUT2D eigenvalue weighted by Gasteiger charge is 1.96. The Labute approximate surface area is 66.5 Å². The van der Waals surface area contributed by atoms with Crippen molar-refractivity contribution in [3.8, 4) is 0 Å². The first kappa shape index (κ1) is 10.1. The summed E-state index contributed by atoms with van der Waals surface area (Å²) in [5.41, 5.74) is 0. The van der Waals surface area contributed by atoms with Crippen LogP contribution >= 0.6 is 0 Å². The molecule has 0 aliphatic heterocycles. The van der Waals surface area contributed by atoms with Gasteiger partial charge >= 0.3 is 0 Å². The number of nitrogens with zero attached hydrogens (tertiary/aromatic N) is 1. The average molecular weight is 159 g/mol. The Kier molecular flexibility index (Phi) is 7.35. The van der Waals surface area contributed by atoms with Crippen molar-refractivity contribution >= 4 is 9.76 Å². The first-order valence-corrected chi connectivity index (χ1v) is 5.03. The van der Waals surface area contributed by atoms with Gasteiger partial charge < -0.3 is 4.43 Å². The molecule has 0 heterocycles. The lowest BCUT2D eigenvalue weighted by Gasteiger charge is -2.17. The Morgan fingerprint density at radius 3 is 2.20 bits per heavy atom. The van der Waals surface area contributed by atoms with Crippen LogP contribution in [0.15, 0.2) is 0 Å². The van der Waals surface area contributed by atoms with Gasteiger partial charge in [0.25, 0.3) is 0 Å². The summed E-state index contributed by atoms with van der Waals surface area (Å²) >= 11 is 0. The molecule has 0 N–H and O–H groups in total. The molecule has 0 amide bonds. The van der Waals surface area contributed by atoms with Crippen LogP contribution in [0.3, 0.4) is 0 Å². The van der Waals surface area contributed by atoms with E-state index in [4.69, 9.17) is 4.43 Å². The molecule has 0 aromatic rings. The van der Waals surface area contributed by atoms with Gasteiger partial charge in [-0.3, -0.25) is 4.90 Å². The Hall–Kier alpha value is 0.137. The monoisotopic (exact) mass is 159 g/mol. The molecule has 0 rings (SSSR count). The largest absolute Gasteiger partial charge is 0.405 e. The maximum Gasteiger partial charge on any atom is 0.231 e. The predicted octanol–water partition coefficient (Wildman–Crippen LogP) is 1.36. The molecule has 0 aliphatic rings. The van der Waals surface area contributed by atoms with Crippen LogP contribution in [0.2, 0.25) is 6.04 Å². The fraction of sp³-hybridized carbons (Fsp3) is 1.00. The van der Waals surface area contributed by atoms with Crippen LogP contribution in [0, 0.1) is 0 Å². The van der Waals surface area contributed by atoms with Crippen LogP contribution in [0.5, 0.6) is 0 Å². The molecule has 10 heavy (non-hydrogen) atoms. The van der Waals surface area contributed by atoms with Crippen molar-refractivity contribution in [3.05, 3.63) is 0 Å². The molecule has 3 heteroatoms. The normalized spacial score (nSPS) is 10.8. The van der Waals surface area contributed by atoms with E-state index in [1.54, 1.807) is 0 Å². The fourth-order valence-electron chi connectivity index (χ4n) is 0.645. The number of hydrogen-bond acceptors (Lipinski definition) is 2. The molecule has 0 bridgehead atoms. The molecule has 0 unspecified atom stereocenters. The summed E-state index contributed by atoms with van der Waals surface area (Å²) in [6.45, 7) is 9.43. The van der Waals surface area contributed by atoms with E-state index in [9.17, 15) is 0 Å². The number of hydrogen-bond donors (Lipinski definition) is 0. The van der Waals surface area contributed by atoms with Gasteiger partial charge in [-0.25, -0.2) is 0 Å². The van der Waals surface area contributed by atoms with E-state index in [2.05, 4.69) is 25.7 Å². The quantitative estimate of drug-likeness (QED) is 0.330. The topological polar surface area (TPSA) is 12.5 Å². The standard InChI is InChI=1S/C7H17NOSi/c1-4-8(5-2)7-9-10-6-3/h4-7H2,1-3H3. The third-order valence-corrected chi connectivity index (χ3v) is 2.01. The minimum Gasteiger partial charge on any atom is -0.405 e. The molecule has 60 valence electrons. The fourth-order valence-corrected chi connectivity index (χ4v) is 1.12. The maximum atomic E-state index is 5.38. The van der Waals surface area contributed by atoms with Crippen molar-refractivity contribution in [2.75, 3.05) is 19.8 Å². The average Bonchev–Trinajstić information content (AvgIpc) is 1.99. The molecule has 0 saturated heterocycles. The van der Waals surface area contributed by atoms with E-state index in [-0.39, 0.29) is 0 Å². The summed E-state index contributed by atoms with van der Waals surface area (Å²) in [5, 5.41) is 0. The van der Waals surface area contributed by atoms with Crippen molar-refractivity contribution in [2.24, 2.45) is 0 Å². The van der Waals surface area contributed by atoms with Gasteiger partial charge in [0.05, 0.1) is 6.73 Å². The van der Waals surface area contributed by atoms with E-state index in [0.717, 1.165) is 25.9 Å². The SMILES string of the molecule is CC[Si]OCN(CC)CC. The second kappa shape index (κ2) is 7.25. The van der Waals surface area contributed by atoms with Crippen molar-refractivity contribution in [1.82, 2.24) is 4.90 Å². The summed E-state index contributed by atoms with van der Waals surface area (Å²) in [5.74, 6) is 0. The van der Waals surface area contributed by atoms with E-state index in [1.807, 2.05) is 0 Å². The molecular formula is C7H17NOSi. The molecule has 2 nitrogen and oxygen atoms in total. The Balaban J connectivity index is 3.09. The van der Waals surface area contributed by atoms with Gasteiger partial charge in [0.2, 0.25) is 9.76 Å². The smallest absolute Gasteiger partial charge is 0.231 e. The lowest BCUT2D eigenvalue weighted by molar-refractivity contribution is 0.142. The molecular weight excluding hydrogens is 142 g/mol. The van der Waals surface area contributed by atoms with Crippen LogP contribution in [0.25, 0.3) is 0 Å². The summed E-state index contributed by atoms with van der Waals surface area (Å²) < 4.78 is 5.38. The zero-order valence-corrected chi connectivity index (χ0v) is 8.18. The molecule has 0 spiro atoms. The van der Waals surface area contributed by atoms with Gasteiger partial charge in [-0.15, -0.1) is 0 Å². The maximum absolute atomic E-state index is 5.38. The zero-order valence-electron chi connectivity index (χ0n) is 7.18. The van der Waals surface area contributed by atoms with Gasteiger partial charge in [-0.05, 0) is 19.1 Å². The highest BCUT2D eigenvalue weighted by Crippen LogP contribution is 1.87. The van der Waals surface area contributed by atoms with Crippen LogP contribution in [0.1, 0.15) is 20.8 Å². The highest BCUT2D eigenvalue weighted by molar-refractivity contribution is 6.26. The van der Waals surface area contributed by atoms with Crippen LogP contribution in [-0.4, -0.2) is 34.5 Å². The molecule has 0 fully saturated rings. The number of rotatable bonds is 6. The Morgan fingerprint density at radius 2 is 1.80 bits per heavy atom. The predicted molar refractivity (Wildman–Crippen MR) is 45.1 cm³/mol. The third-order valence-electron chi connectivity index (χ3n) is 1.39. The van der Waals surface area contributed by atoms with E-state index >= 15 is 0 Å². The summed E-state index contributed by atoms with van der Waals surface area (Å²) in [6.07, 6.45) is 0. The van der Waals surface area contributed by atoms with Crippen molar-refractivity contribution < 1.29 is 4.43 Å². The first-order chi connectivity index (χ1) is 4.85. The lowest BCUT2D eigenvalue weighted by Crippen LogP contribution is -2.26. The summed E-state index contributed by atoms with van der Waals surface area (Å²) in [4.78, 5) is 2.27. The van der Waals surface area contributed by atoms with Crippen molar-refractivity contribution in [2.45, 2.75) is 26.8 Å². The summed E-state index contributed by atoms with van der Waals surface area (Å²) in [7, 11) is 0.672. The molecule has 0 atom stereocenters. The zero-order chi connectivity index (χ0) is 7.82. The second-order valence-corrected chi connectivity index (χ2v) is 3.36. The van der Waals surface area contributed by atoms with Crippen LogP contribution in [0.4, 0.5) is 0 Å². The molecule has 2 radical (unpaired) electrons. The van der Waals surface area contributed by atoms with Crippen molar-refractivity contribution in [1.29, 1.82) is 0 Å².